The van der Waals surface area contributed by atoms with Gasteiger partial charge in [0.2, 0.25) is 5.69 Å². The zero-order valence-electron chi connectivity index (χ0n) is 19.3. The van der Waals surface area contributed by atoms with Crippen molar-refractivity contribution in [3.63, 3.8) is 0 Å². The SMILES string of the molecule is Cc1cc(C)c(C)c(-c2c3ccc(C4CC[Si](C)(C)CC4)cc3cc(C)[n+]2C)c1. The summed E-state index contributed by atoms with van der Waals surface area (Å²) in [5, 5.41) is 2.77. The molecular formula is C27H36NSi+. The zero-order valence-corrected chi connectivity index (χ0v) is 20.3. The van der Waals surface area contributed by atoms with E-state index in [1.54, 1.807) is 5.56 Å². The Morgan fingerprint density at radius 3 is 2.28 bits per heavy atom. The Labute approximate surface area is 177 Å². The van der Waals surface area contributed by atoms with Crippen molar-refractivity contribution in [2.75, 3.05) is 0 Å². The van der Waals surface area contributed by atoms with Gasteiger partial charge >= 0.3 is 0 Å². The number of hydrogen-bond acceptors (Lipinski definition) is 0. The molecular weight excluding hydrogens is 366 g/mol. The molecule has 1 fully saturated rings. The van der Waals surface area contributed by atoms with E-state index < -0.39 is 8.07 Å². The van der Waals surface area contributed by atoms with Crippen LogP contribution in [0.1, 0.15) is 46.7 Å². The number of pyridine rings is 1. The predicted molar refractivity (Wildman–Crippen MR) is 129 cm³/mol. The molecule has 4 rings (SSSR count). The van der Waals surface area contributed by atoms with Gasteiger partial charge in [-0.25, -0.2) is 0 Å². The van der Waals surface area contributed by atoms with Crippen LogP contribution in [-0.4, -0.2) is 8.07 Å². The Kier molecular flexibility index (Phi) is 5.19. The van der Waals surface area contributed by atoms with Gasteiger partial charge in [-0.1, -0.05) is 48.9 Å². The minimum Gasteiger partial charge on any atom is -0.198 e. The first-order valence-electron chi connectivity index (χ1n) is 11.2. The molecule has 0 amide bonds. The third-order valence-electron chi connectivity index (χ3n) is 7.44. The second-order valence-electron chi connectivity index (χ2n) is 10.2. The van der Waals surface area contributed by atoms with Crippen molar-refractivity contribution in [3.8, 4) is 11.3 Å². The maximum atomic E-state index is 2.56. The molecule has 3 aromatic rings. The van der Waals surface area contributed by atoms with Crippen LogP contribution in [0.5, 0.6) is 0 Å². The molecule has 0 atom stereocenters. The van der Waals surface area contributed by atoms with Crippen LogP contribution in [0.15, 0.2) is 36.4 Å². The Balaban J connectivity index is 1.86. The van der Waals surface area contributed by atoms with Gasteiger partial charge in [-0.2, -0.15) is 4.57 Å². The third-order valence-corrected chi connectivity index (χ3v) is 10.7. The number of rotatable bonds is 2. The molecule has 0 unspecified atom stereocenters. The molecule has 0 N–H and O–H groups in total. The van der Waals surface area contributed by atoms with Gasteiger partial charge < -0.3 is 0 Å². The van der Waals surface area contributed by atoms with Gasteiger partial charge in [-0.3, -0.25) is 0 Å². The molecule has 1 aliphatic heterocycles. The molecule has 2 aromatic carbocycles. The van der Waals surface area contributed by atoms with E-state index >= 15 is 0 Å². The van der Waals surface area contributed by atoms with Crippen LogP contribution in [0.25, 0.3) is 22.0 Å². The lowest BCUT2D eigenvalue weighted by atomic mass is 9.89. The molecule has 0 aliphatic carbocycles. The highest BCUT2D eigenvalue weighted by Gasteiger charge is 2.29. The first kappa shape index (κ1) is 20.3. The van der Waals surface area contributed by atoms with Gasteiger partial charge in [-0.05, 0) is 73.7 Å². The molecule has 152 valence electrons. The third kappa shape index (κ3) is 3.80. The van der Waals surface area contributed by atoms with Crippen LogP contribution in [0.4, 0.5) is 0 Å². The first-order chi connectivity index (χ1) is 13.7. The summed E-state index contributed by atoms with van der Waals surface area (Å²) in [6.07, 6.45) is 2.76. The zero-order chi connectivity index (χ0) is 20.9. The summed E-state index contributed by atoms with van der Waals surface area (Å²) >= 11 is 0. The lowest BCUT2D eigenvalue weighted by molar-refractivity contribution is -0.665. The predicted octanol–water partition coefficient (Wildman–Crippen LogP) is 7.15. The lowest BCUT2D eigenvalue weighted by Crippen LogP contribution is -2.35. The number of nitrogens with zero attached hydrogens (tertiary/aromatic N) is 1. The highest BCUT2D eigenvalue weighted by molar-refractivity contribution is 6.77. The molecule has 1 aromatic heterocycles. The van der Waals surface area contributed by atoms with Crippen molar-refractivity contribution in [3.05, 3.63) is 64.3 Å². The molecule has 1 nitrogen and oxygen atoms in total. The fourth-order valence-electron chi connectivity index (χ4n) is 5.19. The highest BCUT2D eigenvalue weighted by atomic mass is 28.3. The molecule has 0 radical (unpaired) electrons. The lowest BCUT2D eigenvalue weighted by Gasteiger charge is -2.33. The summed E-state index contributed by atoms with van der Waals surface area (Å²) in [6, 6.07) is 17.3. The molecule has 29 heavy (non-hydrogen) atoms. The van der Waals surface area contributed by atoms with Gasteiger partial charge in [-0.15, -0.1) is 0 Å². The van der Waals surface area contributed by atoms with Gasteiger partial charge in [0.25, 0.3) is 0 Å². The number of hydrogen-bond donors (Lipinski definition) is 0. The van der Waals surface area contributed by atoms with E-state index in [2.05, 4.69) is 88.8 Å². The second kappa shape index (κ2) is 7.39. The number of aromatic nitrogens is 1. The Hall–Kier alpha value is -1.93. The smallest absolute Gasteiger partial charge is 0.198 e. The van der Waals surface area contributed by atoms with Crippen molar-refractivity contribution in [2.24, 2.45) is 7.05 Å². The second-order valence-corrected chi connectivity index (χ2v) is 15.6. The van der Waals surface area contributed by atoms with Gasteiger partial charge in [0.1, 0.15) is 7.05 Å². The number of benzene rings is 2. The number of fused-ring (bicyclic) bond motifs is 1. The van der Waals surface area contributed by atoms with E-state index in [-0.39, 0.29) is 0 Å². The average molecular weight is 403 g/mol. The topological polar surface area (TPSA) is 3.88 Å². The molecule has 1 aliphatic rings. The largest absolute Gasteiger partial charge is 0.220 e. The maximum Gasteiger partial charge on any atom is 0.220 e. The summed E-state index contributed by atoms with van der Waals surface area (Å²) in [5.41, 5.74) is 9.70. The summed E-state index contributed by atoms with van der Waals surface area (Å²) < 4.78 is 2.37. The van der Waals surface area contributed by atoms with Crippen LogP contribution in [0, 0.1) is 27.7 Å². The van der Waals surface area contributed by atoms with E-state index in [4.69, 9.17) is 0 Å². The average Bonchev–Trinajstić information content (AvgIpc) is 2.66. The normalized spacial score (nSPS) is 17.1. The van der Waals surface area contributed by atoms with Crippen LogP contribution in [0.3, 0.4) is 0 Å². The van der Waals surface area contributed by atoms with Crippen LogP contribution < -0.4 is 4.57 Å². The summed E-state index contributed by atoms with van der Waals surface area (Å²) in [7, 11) is 1.30. The van der Waals surface area contributed by atoms with Crippen LogP contribution in [0.2, 0.25) is 25.2 Å². The van der Waals surface area contributed by atoms with Crippen molar-refractivity contribution in [2.45, 2.75) is 71.6 Å². The summed E-state index contributed by atoms with van der Waals surface area (Å²) in [5.74, 6) is 0.751. The standard InChI is InChI=1S/C27H36NSi/c1-18-14-19(2)21(4)26(15-18)27-25-9-8-23(17-24(25)16-20(3)28(27)5)22-10-12-29(6,7)13-11-22/h8-9,14-17,22H,10-13H2,1-7H3/q+1. The van der Waals surface area contributed by atoms with Crippen LogP contribution >= 0.6 is 0 Å². The highest BCUT2D eigenvalue weighted by Crippen LogP contribution is 2.40. The molecule has 0 bridgehead atoms. The Morgan fingerprint density at radius 2 is 1.59 bits per heavy atom. The Morgan fingerprint density at radius 1 is 0.897 bits per heavy atom. The van der Waals surface area contributed by atoms with E-state index in [1.165, 1.54) is 69.3 Å². The van der Waals surface area contributed by atoms with Crippen molar-refractivity contribution >= 4 is 18.8 Å². The minimum absolute atomic E-state index is 0.751. The molecule has 2 heterocycles. The molecule has 0 spiro atoms. The molecule has 1 saturated heterocycles. The molecule has 2 heteroatoms. The van der Waals surface area contributed by atoms with Crippen molar-refractivity contribution in [1.29, 1.82) is 0 Å². The summed E-state index contributed by atoms with van der Waals surface area (Å²) in [6.45, 7) is 14.1. The van der Waals surface area contributed by atoms with E-state index in [9.17, 15) is 0 Å². The van der Waals surface area contributed by atoms with E-state index in [0.717, 1.165) is 5.92 Å². The first-order valence-corrected chi connectivity index (χ1v) is 14.6. The van der Waals surface area contributed by atoms with Gasteiger partial charge in [0.05, 0.1) is 10.9 Å². The van der Waals surface area contributed by atoms with E-state index in [1.807, 2.05) is 0 Å². The van der Waals surface area contributed by atoms with Crippen LogP contribution in [-0.2, 0) is 7.05 Å². The fourth-order valence-corrected chi connectivity index (χ4v) is 7.70. The van der Waals surface area contributed by atoms with Gasteiger partial charge in [0, 0.05) is 21.1 Å². The van der Waals surface area contributed by atoms with Crippen molar-refractivity contribution < 1.29 is 4.57 Å². The number of aryl methyl sites for hydroxylation is 3. The summed E-state index contributed by atoms with van der Waals surface area (Å²) in [4.78, 5) is 0. The fraction of sp³-hybridized carbons (Fsp3) is 0.444. The maximum absolute atomic E-state index is 2.56. The quantitative estimate of drug-likeness (QED) is 0.316. The van der Waals surface area contributed by atoms with Gasteiger partial charge in [0.15, 0.2) is 5.69 Å². The minimum atomic E-state index is -0.909. The Bertz CT molecular complexity index is 1080. The van der Waals surface area contributed by atoms with E-state index in [0.29, 0.717) is 0 Å². The monoisotopic (exact) mass is 402 g/mol. The van der Waals surface area contributed by atoms with Crippen molar-refractivity contribution in [1.82, 2.24) is 0 Å². The molecule has 0 saturated carbocycles.